The highest BCUT2D eigenvalue weighted by molar-refractivity contribution is 6.30. The molecule has 2 bridgehead atoms. The predicted molar refractivity (Wildman–Crippen MR) is 108 cm³/mol. The fraction of sp³-hybridized carbons (Fsp3) is 0.409. The minimum Gasteiger partial charge on any atom is -0.444 e. The van der Waals surface area contributed by atoms with Crippen molar-refractivity contribution in [3.63, 3.8) is 0 Å². The average Bonchev–Trinajstić information content (AvgIpc) is 2.70. The van der Waals surface area contributed by atoms with E-state index in [-0.39, 0.29) is 18.3 Å². The van der Waals surface area contributed by atoms with Gasteiger partial charge in [0.2, 0.25) is 0 Å². The first-order chi connectivity index (χ1) is 13.5. The molecule has 6 heteroatoms. The van der Waals surface area contributed by atoms with Crippen LogP contribution in [-0.2, 0) is 11.3 Å². The van der Waals surface area contributed by atoms with Crippen LogP contribution in [0.2, 0.25) is 5.02 Å². The Balaban J connectivity index is 1.59. The molecule has 3 heterocycles. The number of hydrogen-bond donors (Lipinski definition) is 0. The predicted octanol–water partition coefficient (Wildman–Crippen LogP) is 5.02. The number of piperidine rings is 3. The van der Waals surface area contributed by atoms with Gasteiger partial charge in [0.15, 0.2) is 0 Å². The van der Waals surface area contributed by atoms with Crippen LogP contribution in [0.3, 0.4) is 0 Å². The van der Waals surface area contributed by atoms with Crippen molar-refractivity contribution in [3.8, 4) is 0 Å². The van der Waals surface area contributed by atoms with Crippen LogP contribution in [0.5, 0.6) is 0 Å². The van der Waals surface area contributed by atoms with E-state index in [4.69, 9.17) is 16.3 Å². The van der Waals surface area contributed by atoms with Crippen LogP contribution in [0.4, 0.5) is 14.9 Å². The molecule has 0 radical (unpaired) electrons. The molecule has 5 rings (SSSR count). The summed E-state index contributed by atoms with van der Waals surface area (Å²) in [4.78, 5) is 16.8. The minimum atomic E-state index is -0.502. The molecule has 28 heavy (non-hydrogen) atoms. The number of anilines is 1. The first-order valence-corrected chi connectivity index (χ1v) is 10.1. The number of amides is 1. The van der Waals surface area contributed by atoms with Crippen molar-refractivity contribution in [2.45, 2.75) is 32.4 Å². The second-order valence-electron chi connectivity index (χ2n) is 7.73. The first kappa shape index (κ1) is 19.2. The third-order valence-corrected chi connectivity index (χ3v) is 5.97. The molecule has 1 amide bonds. The number of fused-ring (bicyclic) bond motifs is 3. The van der Waals surface area contributed by atoms with Crippen molar-refractivity contribution < 1.29 is 13.9 Å². The van der Waals surface area contributed by atoms with Gasteiger partial charge < -0.3 is 4.74 Å². The van der Waals surface area contributed by atoms with E-state index in [1.807, 2.05) is 19.1 Å². The van der Waals surface area contributed by atoms with Crippen molar-refractivity contribution in [1.29, 1.82) is 0 Å². The van der Waals surface area contributed by atoms with E-state index >= 15 is 0 Å². The van der Waals surface area contributed by atoms with Crippen molar-refractivity contribution in [1.82, 2.24) is 4.90 Å². The van der Waals surface area contributed by atoms with Gasteiger partial charge in [-0.05, 0) is 74.2 Å². The fourth-order valence-corrected chi connectivity index (χ4v) is 4.21. The second kappa shape index (κ2) is 8.10. The Hall–Kier alpha value is -2.11. The van der Waals surface area contributed by atoms with Gasteiger partial charge in [0.05, 0.1) is 12.2 Å². The topological polar surface area (TPSA) is 32.8 Å². The Morgan fingerprint density at radius 1 is 1.21 bits per heavy atom. The van der Waals surface area contributed by atoms with Gasteiger partial charge in [-0.2, -0.15) is 0 Å². The maximum atomic E-state index is 14.6. The SMILES string of the molecule is Cc1ccc(F)c(N(Cc2ccc(Cl)cc2)C(=O)OC2CN3CCC2CC3)c1. The van der Waals surface area contributed by atoms with E-state index in [1.54, 1.807) is 24.3 Å². The lowest BCUT2D eigenvalue weighted by Gasteiger charge is -2.44. The smallest absolute Gasteiger partial charge is 0.415 e. The summed E-state index contributed by atoms with van der Waals surface area (Å²) in [6.07, 6.45) is 1.47. The van der Waals surface area contributed by atoms with Gasteiger partial charge in [-0.1, -0.05) is 29.8 Å². The Morgan fingerprint density at radius 2 is 1.93 bits per heavy atom. The number of ether oxygens (including phenoxy) is 1. The summed E-state index contributed by atoms with van der Waals surface area (Å²) in [6, 6.07) is 12.0. The Morgan fingerprint density at radius 3 is 2.57 bits per heavy atom. The number of hydrogen-bond acceptors (Lipinski definition) is 3. The van der Waals surface area contributed by atoms with Gasteiger partial charge in [0.25, 0.3) is 0 Å². The summed E-state index contributed by atoms with van der Waals surface area (Å²) in [6.45, 7) is 5.00. The van der Waals surface area contributed by atoms with Gasteiger partial charge in [-0.3, -0.25) is 9.80 Å². The fourth-order valence-electron chi connectivity index (χ4n) is 4.09. The van der Waals surface area contributed by atoms with E-state index in [1.165, 1.54) is 11.0 Å². The van der Waals surface area contributed by atoms with Gasteiger partial charge in [0, 0.05) is 11.6 Å². The monoisotopic (exact) mass is 402 g/mol. The number of benzene rings is 2. The van der Waals surface area contributed by atoms with Gasteiger partial charge in [0.1, 0.15) is 11.9 Å². The molecule has 0 aliphatic carbocycles. The number of carbonyl (C=O) groups is 1. The van der Waals surface area contributed by atoms with Crippen molar-refractivity contribution in [3.05, 3.63) is 64.4 Å². The Bertz CT molecular complexity index is 850. The molecule has 0 N–H and O–H groups in total. The maximum absolute atomic E-state index is 14.6. The first-order valence-electron chi connectivity index (χ1n) is 9.71. The molecule has 3 aliphatic heterocycles. The Kier molecular flexibility index (Phi) is 5.56. The zero-order chi connectivity index (χ0) is 19.7. The number of aryl methyl sites for hydroxylation is 1. The molecule has 2 aromatic rings. The second-order valence-corrected chi connectivity index (χ2v) is 8.16. The minimum absolute atomic E-state index is 0.129. The lowest BCUT2D eigenvalue weighted by atomic mass is 9.86. The summed E-state index contributed by atoms with van der Waals surface area (Å²) in [5.41, 5.74) is 1.98. The Labute approximate surface area is 169 Å². The van der Waals surface area contributed by atoms with E-state index in [2.05, 4.69) is 4.90 Å². The summed E-state index contributed by atoms with van der Waals surface area (Å²) < 4.78 is 20.5. The molecule has 2 aromatic carbocycles. The van der Waals surface area contributed by atoms with Crippen LogP contribution in [0, 0.1) is 18.7 Å². The number of carbonyl (C=O) groups excluding carboxylic acids is 1. The molecule has 0 aromatic heterocycles. The summed E-state index contributed by atoms with van der Waals surface area (Å²) in [5, 5.41) is 0.617. The number of nitrogens with zero attached hydrogens (tertiary/aromatic N) is 2. The van der Waals surface area contributed by atoms with Crippen LogP contribution >= 0.6 is 11.6 Å². The highest BCUT2D eigenvalue weighted by Crippen LogP contribution is 2.31. The lowest BCUT2D eigenvalue weighted by molar-refractivity contribution is -0.0311. The lowest BCUT2D eigenvalue weighted by Crippen LogP contribution is -2.53. The standard InChI is InChI=1S/C22H24ClFN2O2/c1-15-2-7-19(24)20(12-15)26(13-16-3-5-18(23)6-4-16)22(27)28-21-14-25-10-8-17(21)9-11-25/h2-7,12,17,21H,8-11,13-14H2,1H3. The highest BCUT2D eigenvalue weighted by atomic mass is 35.5. The van der Waals surface area contributed by atoms with Crippen molar-refractivity contribution in [2.75, 3.05) is 24.5 Å². The van der Waals surface area contributed by atoms with Crippen LogP contribution in [-0.4, -0.2) is 36.7 Å². The summed E-state index contributed by atoms with van der Waals surface area (Å²) in [7, 11) is 0. The van der Waals surface area contributed by atoms with Crippen molar-refractivity contribution in [2.24, 2.45) is 5.92 Å². The average molecular weight is 403 g/mol. The normalized spacial score (nSPS) is 23.5. The van der Waals surface area contributed by atoms with E-state index < -0.39 is 11.9 Å². The van der Waals surface area contributed by atoms with Gasteiger partial charge in [-0.15, -0.1) is 0 Å². The van der Waals surface area contributed by atoms with E-state index in [0.29, 0.717) is 10.9 Å². The summed E-state index contributed by atoms with van der Waals surface area (Å²) >= 11 is 5.97. The molecular weight excluding hydrogens is 379 g/mol. The molecule has 1 unspecified atom stereocenters. The van der Waals surface area contributed by atoms with Gasteiger partial charge >= 0.3 is 6.09 Å². The zero-order valence-corrected chi connectivity index (χ0v) is 16.7. The molecule has 0 spiro atoms. The highest BCUT2D eigenvalue weighted by Gasteiger charge is 2.37. The van der Waals surface area contributed by atoms with Gasteiger partial charge in [-0.25, -0.2) is 9.18 Å². The zero-order valence-electron chi connectivity index (χ0n) is 15.9. The molecule has 148 valence electrons. The van der Waals surface area contributed by atoms with Crippen molar-refractivity contribution >= 4 is 23.4 Å². The van der Waals surface area contributed by atoms with Crippen LogP contribution < -0.4 is 4.90 Å². The summed E-state index contributed by atoms with van der Waals surface area (Å²) in [5.74, 6) is -0.0425. The third kappa shape index (κ3) is 4.15. The van der Waals surface area contributed by atoms with Crippen LogP contribution in [0.15, 0.2) is 42.5 Å². The largest absolute Gasteiger partial charge is 0.444 e. The molecule has 1 atom stereocenters. The molecule has 3 fully saturated rings. The number of halogens is 2. The van der Waals surface area contributed by atoms with Crippen LogP contribution in [0.25, 0.3) is 0 Å². The molecular formula is C22H24ClFN2O2. The van der Waals surface area contributed by atoms with Crippen LogP contribution in [0.1, 0.15) is 24.0 Å². The third-order valence-electron chi connectivity index (χ3n) is 5.72. The molecule has 4 nitrogen and oxygen atoms in total. The molecule has 3 aliphatic rings. The maximum Gasteiger partial charge on any atom is 0.415 e. The molecule has 0 saturated carbocycles. The van der Waals surface area contributed by atoms with E-state index in [9.17, 15) is 9.18 Å². The molecule has 3 saturated heterocycles. The number of rotatable bonds is 4. The quantitative estimate of drug-likeness (QED) is 0.719. The van der Waals surface area contributed by atoms with E-state index in [0.717, 1.165) is 43.6 Å².